The van der Waals surface area contributed by atoms with E-state index in [1.807, 2.05) is 0 Å². The summed E-state index contributed by atoms with van der Waals surface area (Å²) in [4.78, 5) is 11.8. The van der Waals surface area contributed by atoms with Crippen LogP contribution in [0.3, 0.4) is 0 Å². The molecule has 0 radical (unpaired) electrons. The van der Waals surface area contributed by atoms with E-state index in [2.05, 4.69) is 0 Å². The Kier molecular flexibility index (Phi) is 3.19. The van der Waals surface area contributed by atoms with Gasteiger partial charge in [-0.05, 0) is 19.9 Å². The first-order valence-corrected chi connectivity index (χ1v) is 6.42. The number of nitriles is 1. The lowest BCUT2D eigenvalue weighted by molar-refractivity contribution is 0.0999. The van der Waals surface area contributed by atoms with Gasteiger partial charge in [0.1, 0.15) is 11.5 Å². The molecule has 1 unspecified atom stereocenters. The fourth-order valence-electron chi connectivity index (χ4n) is 1.37. The molecule has 0 bridgehead atoms. The molecular weight excluding hydrogens is 230 g/mol. The van der Waals surface area contributed by atoms with Gasteiger partial charge >= 0.3 is 0 Å². The van der Waals surface area contributed by atoms with Gasteiger partial charge in [0.15, 0.2) is 15.6 Å². The predicted molar refractivity (Wildman–Crippen MR) is 56.8 cm³/mol. The van der Waals surface area contributed by atoms with Crippen molar-refractivity contribution in [1.82, 2.24) is 0 Å². The largest absolute Gasteiger partial charge is 0.466 e. The van der Waals surface area contributed by atoms with E-state index in [4.69, 9.17) is 9.68 Å². The molecule has 0 amide bonds. The second-order valence-electron chi connectivity index (χ2n) is 3.53. The summed E-state index contributed by atoms with van der Waals surface area (Å²) in [5, 5.41) is 7.05. The molecule has 0 aliphatic carbocycles. The highest BCUT2D eigenvalue weighted by Gasteiger charge is 2.31. The summed E-state index contributed by atoms with van der Waals surface area (Å²) in [6.07, 6.45) is 0.862. The molecule has 1 rings (SSSR count). The molecule has 1 aromatic heterocycles. The van der Waals surface area contributed by atoms with Crippen molar-refractivity contribution >= 4 is 15.6 Å². The molecule has 5 nitrogen and oxygen atoms in total. The highest BCUT2D eigenvalue weighted by atomic mass is 32.2. The number of hydrogen-bond donors (Lipinski definition) is 0. The zero-order valence-corrected chi connectivity index (χ0v) is 9.96. The number of nitrogens with zero attached hydrogens (tertiary/aromatic N) is 1. The van der Waals surface area contributed by atoms with Crippen molar-refractivity contribution < 1.29 is 17.6 Å². The van der Waals surface area contributed by atoms with Gasteiger partial charge in [0.05, 0.1) is 11.6 Å². The summed E-state index contributed by atoms with van der Waals surface area (Å²) in [6.45, 7) is 3.20. The number of hydrogen-bond acceptors (Lipinski definition) is 5. The SMILES string of the molecule is Cc1cc(C(=O)C(C#N)S(C)(=O)=O)c(C)o1. The van der Waals surface area contributed by atoms with E-state index < -0.39 is 20.9 Å². The molecule has 1 heterocycles. The summed E-state index contributed by atoms with van der Waals surface area (Å²) in [6, 6.07) is 2.94. The molecule has 0 saturated heterocycles. The van der Waals surface area contributed by atoms with Crippen molar-refractivity contribution in [3.63, 3.8) is 0 Å². The Bertz CT molecular complexity index is 562. The Balaban J connectivity index is 3.22. The Hall–Kier alpha value is -1.61. The third-order valence-electron chi connectivity index (χ3n) is 2.09. The fraction of sp³-hybridized carbons (Fsp3) is 0.400. The maximum Gasteiger partial charge on any atom is 0.210 e. The quantitative estimate of drug-likeness (QED) is 0.737. The normalized spacial score (nSPS) is 13.1. The van der Waals surface area contributed by atoms with Crippen LogP contribution in [-0.4, -0.2) is 25.7 Å². The van der Waals surface area contributed by atoms with Gasteiger partial charge in [-0.2, -0.15) is 5.26 Å². The van der Waals surface area contributed by atoms with Gasteiger partial charge in [-0.3, -0.25) is 4.79 Å². The first-order chi connectivity index (χ1) is 7.27. The Morgan fingerprint density at radius 2 is 2.06 bits per heavy atom. The second kappa shape index (κ2) is 4.10. The van der Waals surface area contributed by atoms with Crippen LogP contribution in [0, 0.1) is 25.2 Å². The first-order valence-electron chi connectivity index (χ1n) is 4.47. The zero-order chi connectivity index (χ0) is 12.5. The van der Waals surface area contributed by atoms with Crippen molar-refractivity contribution in [2.75, 3.05) is 6.26 Å². The van der Waals surface area contributed by atoms with Crippen LogP contribution >= 0.6 is 0 Å². The molecule has 16 heavy (non-hydrogen) atoms. The van der Waals surface area contributed by atoms with Crippen molar-refractivity contribution in [1.29, 1.82) is 5.26 Å². The molecule has 1 atom stereocenters. The van der Waals surface area contributed by atoms with Gasteiger partial charge in [-0.15, -0.1) is 0 Å². The molecular formula is C10H11NO4S. The van der Waals surface area contributed by atoms with Gasteiger partial charge < -0.3 is 4.42 Å². The average molecular weight is 241 g/mol. The number of furan rings is 1. The number of carbonyl (C=O) groups is 1. The lowest BCUT2D eigenvalue weighted by Crippen LogP contribution is -2.28. The van der Waals surface area contributed by atoms with Crippen molar-refractivity contribution in [2.45, 2.75) is 19.1 Å². The van der Waals surface area contributed by atoms with Gasteiger partial charge in [0.2, 0.25) is 5.25 Å². The minimum absolute atomic E-state index is 0.148. The van der Waals surface area contributed by atoms with Crippen molar-refractivity contribution in [3.8, 4) is 6.07 Å². The minimum atomic E-state index is -3.72. The van der Waals surface area contributed by atoms with Crippen LogP contribution in [0.2, 0.25) is 0 Å². The summed E-state index contributed by atoms with van der Waals surface area (Å²) in [5.74, 6) is 0.0943. The van der Waals surface area contributed by atoms with Crippen molar-refractivity contribution in [3.05, 3.63) is 23.2 Å². The van der Waals surface area contributed by atoms with Crippen molar-refractivity contribution in [2.24, 2.45) is 0 Å². The lowest BCUT2D eigenvalue weighted by Gasteiger charge is -2.04. The molecule has 1 aromatic rings. The topological polar surface area (TPSA) is 88.1 Å². The maximum atomic E-state index is 11.8. The Morgan fingerprint density at radius 3 is 2.38 bits per heavy atom. The number of ketones is 1. The van der Waals surface area contributed by atoms with Gasteiger partial charge in [-0.1, -0.05) is 0 Å². The standard InChI is InChI=1S/C10H11NO4S/c1-6-4-8(7(2)15-6)10(12)9(5-11)16(3,13)14/h4,9H,1-3H3. The molecule has 0 aliphatic rings. The number of Topliss-reactive ketones (excluding diaryl/α,β-unsaturated/α-hetero) is 1. The highest BCUT2D eigenvalue weighted by molar-refractivity contribution is 7.92. The molecule has 0 aliphatic heterocycles. The number of sulfone groups is 1. The molecule has 6 heteroatoms. The molecule has 0 fully saturated rings. The van der Waals surface area contributed by atoms with Gasteiger partial charge in [0.25, 0.3) is 0 Å². The van der Waals surface area contributed by atoms with Gasteiger partial charge in [-0.25, -0.2) is 8.42 Å². The van der Waals surface area contributed by atoms with Crippen LogP contribution in [0.5, 0.6) is 0 Å². The second-order valence-corrected chi connectivity index (χ2v) is 5.66. The number of aryl methyl sites for hydroxylation is 2. The third-order valence-corrected chi connectivity index (χ3v) is 3.27. The monoisotopic (exact) mass is 241 g/mol. The zero-order valence-electron chi connectivity index (χ0n) is 9.14. The number of carbonyl (C=O) groups excluding carboxylic acids is 1. The van der Waals surface area contributed by atoms with Gasteiger partial charge in [0, 0.05) is 6.26 Å². The minimum Gasteiger partial charge on any atom is -0.466 e. The van der Waals surface area contributed by atoms with Crippen LogP contribution in [0.15, 0.2) is 10.5 Å². The van der Waals surface area contributed by atoms with Crippen LogP contribution in [0.25, 0.3) is 0 Å². The van der Waals surface area contributed by atoms with Crippen LogP contribution in [0.4, 0.5) is 0 Å². The smallest absolute Gasteiger partial charge is 0.210 e. The average Bonchev–Trinajstić information content (AvgIpc) is 2.43. The Morgan fingerprint density at radius 1 is 1.50 bits per heavy atom. The molecule has 0 spiro atoms. The number of rotatable bonds is 3. The summed E-state index contributed by atoms with van der Waals surface area (Å²) in [5.41, 5.74) is 0.148. The van der Waals surface area contributed by atoms with E-state index in [1.54, 1.807) is 13.8 Å². The predicted octanol–water partition coefficient (Wildman–Crippen LogP) is 1.02. The summed E-state index contributed by atoms with van der Waals surface area (Å²) in [7, 11) is -3.72. The van der Waals surface area contributed by atoms with E-state index in [-0.39, 0.29) is 5.56 Å². The van der Waals surface area contributed by atoms with Crippen LogP contribution in [-0.2, 0) is 9.84 Å². The Labute approximate surface area is 93.6 Å². The molecule has 0 aromatic carbocycles. The van der Waals surface area contributed by atoms with E-state index in [0.717, 1.165) is 6.26 Å². The molecule has 0 saturated carbocycles. The van der Waals surface area contributed by atoms with E-state index in [0.29, 0.717) is 11.5 Å². The van der Waals surface area contributed by atoms with Crippen LogP contribution < -0.4 is 0 Å². The molecule has 0 N–H and O–H groups in total. The third kappa shape index (κ3) is 2.31. The van der Waals surface area contributed by atoms with E-state index in [1.165, 1.54) is 12.1 Å². The first kappa shape index (κ1) is 12.5. The summed E-state index contributed by atoms with van der Waals surface area (Å²) >= 11 is 0. The van der Waals surface area contributed by atoms with E-state index >= 15 is 0 Å². The summed E-state index contributed by atoms with van der Waals surface area (Å²) < 4.78 is 27.6. The fourth-order valence-corrected chi connectivity index (χ4v) is 2.07. The highest BCUT2D eigenvalue weighted by Crippen LogP contribution is 2.17. The maximum absolute atomic E-state index is 11.8. The lowest BCUT2D eigenvalue weighted by atomic mass is 10.1. The molecule has 86 valence electrons. The van der Waals surface area contributed by atoms with Crippen LogP contribution in [0.1, 0.15) is 21.9 Å². The van der Waals surface area contributed by atoms with E-state index in [9.17, 15) is 13.2 Å².